The quantitative estimate of drug-likeness (QED) is 0.489. The lowest BCUT2D eigenvalue weighted by Crippen LogP contribution is -2.48. The van der Waals surface area contributed by atoms with E-state index >= 15 is 0 Å². The van der Waals surface area contributed by atoms with Gasteiger partial charge >= 0.3 is 6.61 Å². The zero-order valence-corrected chi connectivity index (χ0v) is 17.5. The Morgan fingerprint density at radius 2 is 1.97 bits per heavy atom. The molecule has 2 aromatic heterocycles. The summed E-state index contributed by atoms with van der Waals surface area (Å²) in [7, 11) is 0. The Bertz CT molecular complexity index is 1120. The average molecular weight is 426 g/mol. The third-order valence-electron chi connectivity index (χ3n) is 6.84. The van der Waals surface area contributed by atoms with Crippen molar-refractivity contribution in [2.45, 2.75) is 39.7 Å². The largest absolute Gasteiger partial charge is 0.477 e. The molecule has 0 radical (unpaired) electrons. The molecule has 2 bridgehead atoms. The molecule has 0 aliphatic heterocycles. The fraction of sp³-hybridized carbons (Fsp3) is 0.435. The van der Waals surface area contributed by atoms with Crippen molar-refractivity contribution < 1.29 is 18.3 Å². The molecule has 1 aromatic carbocycles. The molecule has 8 heteroatoms. The number of fused-ring (bicyclic) bond motifs is 2. The Hall–Kier alpha value is -3.03. The van der Waals surface area contributed by atoms with Crippen LogP contribution >= 0.6 is 0 Å². The summed E-state index contributed by atoms with van der Waals surface area (Å²) in [6, 6.07) is 6.29. The molecule has 2 atom stereocenters. The topological polar surface area (TPSA) is 61.5 Å². The summed E-state index contributed by atoms with van der Waals surface area (Å²) in [5.41, 5.74) is 3.15. The molecule has 0 unspecified atom stereocenters. The summed E-state index contributed by atoms with van der Waals surface area (Å²) in [6.07, 6.45) is 8.98. The van der Waals surface area contributed by atoms with E-state index in [2.05, 4.69) is 39.8 Å². The van der Waals surface area contributed by atoms with Crippen molar-refractivity contribution in [1.29, 1.82) is 0 Å². The van der Waals surface area contributed by atoms with Crippen LogP contribution in [0.2, 0.25) is 0 Å². The van der Waals surface area contributed by atoms with E-state index < -0.39 is 6.61 Å². The third-order valence-corrected chi connectivity index (χ3v) is 6.84. The first-order valence-corrected chi connectivity index (χ1v) is 10.5. The Morgan fingerprint density at radius 3 is 2.68 bits per heavy atom. The van der Waals surface area contributed by atoms with Crippen molar-refractivity contribution >= 4 is 5.65 Å². The summed E-state index contributed by atoms with van der Waals surface area (Å²) in [5, 5.41) is 8.41. The number of benzene rings is 1. The van der Waals surface area contributed by atoms with Gasteiger partial charge in [-0.15, -0.1) is 10.2 Å². The zero-order valence-electron chi connectivity index (χ0n) is 17.5. The van der Waals surface area contributed by atoms with Crippen molar-refractivity contribution in [3.05, 3.63) is 48.3 Å². The van der Waals surface area contributed by atoms with E-state index in [1.165, 1.54) is 24.1 Å². The number of rotatable bonds is 7. The number of alkyl halides is 2. The summed E-state index contributed by atoms with van der Waals surface area (Å²) in [6.45, 7) is 2.42. The standard InChI is InChI=1S/C23H24F2N4O2/c1-23(2)16-6-3-14(18(23)11-16)9-10-30-20-13-26-12-19-27-28-21(29(19)20)15-4-7-17(8-5-15)31-22(24)25/h3-5,7-8,12-13,16,18,22H,6,9-11H2,1-2H3/t16-,18-/m0/s1. The van der Waals surface area contributed by atoms with Gasteiger partial charge in [0.2, 0.25) is 5.88 Å². The van der Waals surface area contributed by atoms with Gasteiger partial charge in [0.05, 0.1) is 19.0 Å². The Balaban J connectivity index is 1.34. The highest BCUT2D eigenvalue weighted by Crippen LogP contribution is 2.59. The first-order chi connectivity index (χ1) is 14.9. The second-order valence-corrected chi connectivity index (χ2v) is 8.79. The van der Waals surface area contributed by atoms with Crippen LogP contribution in [0.15, 0.2) is 48.3 Å². The molecule has 0 saturated heterocycles. The summed E-state index contributed by atoms with van der Waals surface area (Å²) < 4.78 is 37.1. The van der Waals surface area contributed by atoms with Gasteiger partial charge in [-0.3, -0.25) is 4.98 Å². The molecule has 31 heavy (non-hydrogen) atoms. The van der Waals surface area contributed by atoms with Crippen molar-refractivity contribution in [1.82, 2.24) is 19.6 Å². The number of hydrogen-bond donors (Lipinski definition) is 0. The highest BCUT2D eigenvalue weighted by atomic mass is 19.3. The van der Waals surface area contributed by atoms with E-state index in [1.54, 1.807) is 28.9 Å². The van der Waals surface area contributed by atoms with Gasteiger partial charge in [0.1, 0.15) is 5.75 Å². The van der Waals surface area contributed by atoms with Crippen LogP contribution in [0, 0.1) is 17.3 Å². The normalized spacial score (nSPS) is 21.6. The van der Waals surface area contributed by atoms with Gasteiger partial charge in [0, 0.05) is 12.0 Å². The average Bonchev–Trinajstić information content (AvgIpc) is 3.19. The van der Waals surface area contributed by atoms with Crippen LogP contribution in [0.1, 0.15) is 33.1 Å². The predicted octanol–water partition coefficient (Wildman–Crippen LogP) is 5.15. The van der Waals surface area contributed by atoms with Crippen LogP contribution < -0.4 is 9.47 Å². The van der Waals surface area contributed by atoms with Gasteiger partial charge in [-0.25, -0.2) is 4.40 Å². The lowest BCUT2D eigenvalue weighted by molar-refractivity contribution is -0.0498. The SMILES string of the molecule is CC1(C)[C@H]2CC=C(CCOc3cncc4nnc(-c5ccc(OC(F)F)cc5)n34)[C@@H]1C2. The minimum Gasteiger partial charge on any atom is -0.477 e. The molecule has 0 spiro atoms. The molecule has 6 nitrogen and oxygen atoms in total. The number of halogens is 2. The van der Waals surface area contributed by atoms with Gasteiger partial charge in [0.25, 0.3) is 0 Å². The molecule has 1 fully saturated rings. The molecule has 3 aliphatic rings. The van der Waals surface area contributed by atoms with E-state index in [0.29, 0.717) is 40.9 Å². The lowest BCUT2D eigenvalue weighted by atomic mass is 9.48. The van der Waals surface area contributed by atoms with Crippen LogP contribution in [0.3, 0.4) is 0 Å². The van der Waals surface area contributed by atoms with Crippen LogP contribution in [-0.4, -0.2) is 32.8 Å². The van der Waals surface area contributed by atoms with Gasteiger partial charge in [-0.2, -0.15) is 8.78 Å². The molecule has 0 N–H and O–H groups in total. The first kappa shape index (κ1) is 19.9. The maximum atomic E-state index is 12.4. The number of aromatic nitrogens is 4. The molecule has 3 aliphatic carbocycles. The summed E-state index contributed by atoms with van der Waals surface area (Å²) in [5.74, 6) is 2.66. The van der Waals surface area contributed by atoms with Gasteiger partial charge < -0.3 is 9.47 Å². The molecular weight excluding hydrogens is 402 g/mol. The lowest BCUT2D eigenvalue weighted by Gasteiger charge is -2.56. The molecule has 3 aromatic rings. The number of hydrogen-bond acceptors (Lipinski definition) is 5. The first-order valence-electron chi connectivity index (χ1n) is 10.5. The maximum Gasteiger partial charge on any atom is 0.387 e. The van der Waals surface area contributed by atoms with E-state index in [9.17, 15) is 8.78 Å². The third kappa shape index (κ3) is 3.54. The van der Waals surface area contributed by atoms with Gasteiger partial charge in [0.15, 0.2) is 11.5 Å². The Morgan fingerprint density at radius 1 is 1.16 bits per heavy atom. The number of nitrogens with zero attached hydrogens (tertiary/aromatic N) is 4. The minimum atomic E-state index is -2.86. The summed E-state index contributed by atoms with van der Waals surface area (Å²) in [4.78, 5) is 4.21. The second-order valence-electron chi connectivity index (χ2n) is 8.79. The van der Waals surface area contributed by atoms with Gasteiger partial charge in [-0.1, -0.05) is 25.5 Å². The zero-order chi connectivity index (χ0) is 21.6. The van der Waals surface area contributed by atoms with Crippen molar-refractivity contribution in [2.75, 3.05) is 6.61 Å². The van der Waals surface area contributed by atoms with Crippen LogP contribution in [-0.2, 0) is 0 Å². The molecule has 0 amide bonds. The Labute approximate surface area is 178 Å². The molecule has 1 saturated carbocycles. The molecular formula is C23H24F2N4O2. The predicted molar refractivity (Wildman–Crippen MR) is 111 cm³/mol. The van der Waals surface area contributed by atoms with Crippen LogP contribution in [0.4, 0.5) is 8.78 Å². The second kappa shape index (κ2) is 7.59. The van der Waals surface area contributed by atoms with Crippen molar-refractivity contribution in [3.8, 4) is 23.0 Å². The van der Waals surface area contributed by atoms with Gasteiger partial charge in [-0.05, 0) is 54.4 Å². The van der Waals surface area contributed by atoms with Crippen molar-refractivity contribution in [2.24, 2.45) is 17.3 Å². The molecule has 6 rings (SSSR count). The molecule has 162 valence electrons. The van der Waals surface area contributed by atoms with Crippen LogP contribution in [0.25, 0.3) is 17.0 Å². The minimum absolute atomic E-state index is 0.0904. The van der Waals surface area contributed by atoms with E-state index in [1.807, 2.05) is 0 Å². The molecule has 2 heterocycles. The monoisotopic (exact) mass is 426 g/mol. The van der Waals surface area contributed by atoms with E-state index in [-0.39, 0.29) is 5.75 Å². The smallest absolute Gasteiger partial charge is 0.387 e. The highest BCUT2D eigenvalue weighted by Gasteiger charge is 2.50. The fourth-order valence-corrected chi connectivity index (χ4v) is 4.93. The van der Waals surface area contributed by atoms with E-state index in [0.717, 1.165) is 18.8 Å². The van der Waals surface area contributed by atoms with Crippen molar-refractivity contribution in [3.63, 3.8) is 0 Å². The fourth-order valence-electron chi connectivity index (χ4n) is 4.93. The number of ether oxygens (including phenoxy) is 2. The summed E-state index contributed by atoms with van der Waals surface area (Å²) >= 11 is 0. The Kier molecular flexibility index (Phi) is 4.87. The highest BCUT2D eigenvalue weighted by molar-refractivity contribution is 5.61. The van der Waals surface area contributed by atoms with Crippen LogP contribution in [0.5, 0.6) is 11.6 Å². The van der Waals surface area contributed by atoms with E-state index in [4.69, 9.17) is 4.74 Å². The maximum absolute atomic E-state index is 12.4. The number of allylic oxidation sites excluding steroid dienone is 1.